The van der Waals surface area contributed by atoms with Gasteiger partial charge >= 0.3 is 0 Å². The van der Waals surface area contributed by atoms with Crippen LogP contribution in [0.5, 0.6) is 11.5 Å². The summed E-state index contributed by atoms with van der Waals surface area (Å²) in [5, 5.41) is 10.2. The van der Waals surface area contributed by atoms with Crippen LogP contribution in [0.3, 0.4) is 0 Å². The van der Waals surface area contributed by atoms with E-state index < -0.39 is 0 Å². The Morgan fingerprint density at radius 3 is 2.68 bits per heavy atom. The molecule has 1 N–H and O–H groups in total. The van der Waals surface area contributed by atoms with Gasteiger partial charge in [0.1, 0.15) is 11.5 Å². The van der Waals surface area contributed by atoms with E-state index in [0.29, 0.717) is 17.2 Å². The van der Waals surface area contributed by atoms with Gasteiger partial charge < -0.3 is 14.8 Å². The molecule has 0 aliphatic carbocycles. The summed E-state index contributed by atoms with van der Waals surface area (Å²) in [6, 6.07) is 5.13. The molecular formula is C12H14N4O3. The molecule has 0 fully saturated rings. The normalized spacial score (nSPS) is 10.1. The van der Waals surface area contributed by atoms with E-state index in [1.807, 2.05) is 0 Å². The maximum atomic E-state index is 12.0. The number of carbonyl (C=O) groups is 1. The number of anilines is 1. The van der Waals surface area contributed by atoms with Gasteiger partial charge in [-0.3, -0.25) is 9.48 Å². The van der Waals surface area contributed by atoms with E-state index in [9.17, 15) is 4.79 Å². The third kappa shape index (κ3) is 2.82. The lowest BCUT2D eigenvalue weighted by Crippen LogP contribution is -2.13. The third-order valence-corrected chi connectivity index (χ3v) is 2.49. The predicted octanol–water partition coefficient (Wildman–Crippen LogP) is 1.08. The highest BCUT2D eigenvalue weighted by atomic mass is 16.5. The molecule has 2 aromatic rings. The highest BCUT2D eigenvalue weighted by Gasteiger charge is 2.13. The van der Waals surface area contributed by atoms with Gasteiger partial charge in [-0.25, -0.2) is 0 Å². The monoisotopic (exact) mass is 262 g/mol. The molecule has 1 aromatic heterocycles. The number of methoxy groups -OCH3 is 2. The fourth-order valence-corrected chi connectivity index (χ4v) is 1.55. The van der Waals surface area contributed by atoms with Crippen molar-refractivity contribution in [2.24, 2.45) is 7.05 Å². The number of hydrogen-bond acceptors (Lipinski definition) is 5. The summed E-state index contributed by atoms with van der Waals surface area (Å²) < 4.78 is 11.7. The summed E-state index contributed by atoms with van der Waals surface area (Å²) in [4.78, 5) is 12.0. The van der Waals surface area contributed by atoms with E-state index in [-0.39, 0.29) is 11.6 Å². The molecular weight excluding hydrogens is 248 g/mol. The Morgan fingerprint density at radius 2 is 2.11 bits per heavy atom. The van der Waals surface area contributed by atoms with E-state index >= 15 is 0 Å². The van der Waals surface area contributed by atoms with E-state index in [4.69, 9.17) is 9.47 Å². The quantitative estimate of drug-likeness (QED) is 0.892. The summed E-state index contributed by atoms with van der Waals surface area (Å²) in [7, 11) is 4.77. The first-order valence-corrected chi connectivity index (χ1v) is 5.53. The van der Waals surface area contributed by atoms with Crippen LogP contribution in [0.1, 0.15) is 10.5 Å². The average molecular weight is 262 g/mol. The molecule has 0 radical (unpaired) electrons. The zero-order valence-electron chi connectivity index (χ0n) is 10.9. The molecule has 0 aliphatic rings. The van der Waals surface area contributed by atoms with Gasteiger partial charge in [-0.2, -0.15) is 0 Å². The van der Waals surface area contributed by atoms with Crippen LogP contribution in [0.25, 0.3) is 0 Å². The lowest BCUT2D eigenvalue weighted by Gasteiger charge is -2.10. The van der Waals surface area contributed by atoms with Gasteiger partial charge in [-0.15, -0.1) is 5.10 Å². The Balaban J connectivity index is 2.24. The molecule has 2 rings (SSSR count). The average Bonchev–Trinajstić information content (AvgIpc) is 2.85. The van der Waals surface area contributed by atoms with Gasteiger partial charge in [0.15, 0.2) is 5.69 Å². The second kappa shape index (κ2) is 5.38. The SMILES string of the molecule is COc1ccc(OC)c(NC(=O)c2cn(C)nn2)c1. The number of nitrogens with zero attached hydrogens (tertiary/aromatic N) is 3. The Hall–Kier alpha value is -2.57. The molecule has 0 saturated carbocycles. The Labute approximate surface area is 110 Å². The third-order valence-electron chi connectivity index (χ3n) is 2.49. The van der Waals surface area contributed by atoms with Crippen LogP contribution in [-0.2, 0) is 7.05 Å². The summed E-state index contributed by atoms with van der Waals surface area (Å²) in [6.07, 6.45) is 1.53. The second-order valence-corrected chi connectivity index (χ2v) is 3.80. The molecule has 0 atom stereocenters. The molecule has 7 nitrogen and oxygen atoms in total. The van der Waals surface area contributed by atoms with Crippen LogP contribution in [0, 0.1) is 0 Å². The van der Waals surface area contributed by atoms with E-state index in [1.165, 1.54) is 18.0 Å². The lowest BCUT2D eigenvalue weighted by atomic mass is 10.2. The smallest absolute Gasteiger partial charge is 0.277 e. The van der Waals surface area contributed by atoms with Crippen LogP contribution in [-0.4, -0.2) is 35.1 Å². The second-order valence-electron chi connectivity index (χ2n) is 3.80. The van der Waals surface area contributed by atoms with Crippen molar-refractivity contribution in [3.63, 3.8) is 0 Å². The highest BCUT2D eigenvalue weighted by molar-refractivity contribution is 6.03. The van der Waals surface area contributed by atoms with Gasteiger partial charge in [0.2, 0.25) is 0 Å². The number of aryl methyl sites for hydroxylation is 1. The number of carbonyl (C=O) groups excluding carboxylic acids is 1. The standard InChI is InChI=1S/C12H14N4O3/c1-16-7-10(14-15-16)12(17)13-9-6-8(18-2)4-5-11(9)19-3/h4-7H,1-3H3,(H,13,17). The molecule has 19 heavy (non-hydrogen) atoms. The van der Waals surface area contributed by atoms with Crippen molar-refractivity contribution < 1.29 is 14.3 Å². The van der Waals surface area contributed by atoms with Crippen molar-refractivity contribution in [2.75, 3.05) is 19.5 Å². The number of rotatable bonds is 4. The van der Waals surface area contributed by atoms with Crippen molar-refractivity contribution in [1.82, 2.24) is 15.0 Å². The van der Waals surface area contributed by atoms with E-state index in [1.54, 1.807) is 32.4 Å². The van der Waals surface area contributed by atoms with Gasteiger partial charge in [-0.1, -0.05) is 5.21 Å². The number of amides is 1. The fraction of sp³-hybridized carbons (Fsp3) is 0.250. The van der Waals surface area contributed by atoms with Crippen LogP contribution >= 0.6 is 0 Å². The maximum Gasteiger partial charge on any atom is 0.277 e. The molecule has 0 unspecified atom stereocenters. The van der Waals surface area contributed by atoms with Gasteiger partial charge in [0.25, 0.3) is 5.91 Å². The first-order valence-electron chi connectivity index (χ1n) is 5.53. The molecule has 1 heterocycles. The summed E-state index contributed by atoms with van der Waals surface area (Å²) in [6.45, 7) is 0. The summed E-state index contributed by atoms with van der Waals surface area (Å²) in [5.74, 6) is 0.799. The van der Waals surface area contributed by atoms with Crippen LogP contribution < -0.4 is 14.8 Å². The number of aromatic nitrogens is 3. The molecule has 0 saturated heterocycles. The van der Waals surface area contributed by atoms with Gasteiger partial charge in [-0.05, 0) is 12.1 Å². The van der Waals surface area contributed by atoms with Gasteiger partial charge in [0.05, 0.1) is 26.1 Å². The molecule has 1 aromatic carbocycles. The van der Waals surface area contributed by atoms with Crippen molar-refractivity contribution in [3.8, 4) is 11.5 Å². The minimum absolute atomic E-state index is 0.229. The Bertz CT molecular complexity index is 594. The van der Waals surface area contributed by atoms with Crippen molar-refractivity contribution >= 4 is 11.6 Å². The zero-order chi connectivity index (χ0) is 13.8. The fourth-order valence-electron chi connectivity index (χ4n) is 1.55. The van der Waals surface area contributed by atoms with E-state index in [0.717, 1.165) is 0 Å². The molecule has 7 heteroatoms. The zero-order valence-corrected chi connectivity index (χ0v) is 10.9. The minimum atomic E-state index is -0.361. The number of hydrogen-bond donors (Lipinski definition) is 1. The summed E-state index contributed by atoms with van der Waals surface area (Å²) >= 11 is 0. The maximum absolute atomic E-state index is 12.0. The first-order chi connectivity index (χ1) is 9.13. The van der Waals surface area contributed by atoms with Gasteiger partial charge in [0, 0.05) is 13.1 Å². The lowest BCUT2D eigenvalue weighted by molar-refractivity contribution is 0.102. The Morgan fingerprint density at radius 1 is 1.32 bits per heavy atom. The van der Waals surface area contributed by atoms with Crippen molar-refractivity contribution in [1.29, 1.82) is 0 Å². The topological polar surface area (TPSA) is 78.3 Å². The van der Waals surface area contributed by atoms with Crippen LogP contribution in [0.4, 0.5) is 5.69 Å². The highest BCUT2D eigenvalue weighted by Crippen LogP contribution is 2.29. The van der Waals surface area contributed by atoms with Crippen LogP contribution in [0.2, 0.25) is 0 Å². The van der Waals surface area contributed by atoms with Crippen molar-refractivity contribution in [2.45, 2.75) is 0 Å². The largest absolute Gasteiger partial charge is 0.497 e. The minimum Gasteiger partial charge on any atom is -0.497 e. The summed E-state index contributed by atoms with van der Waals surface area (Å²) in [5.41, 5.74) is 0.741. The predicted molar refractivity (Wildman–Crippen MR) is 68.5 cm³/mol. The number of nitrogens with one attached hydrogen (secondary N) is 1. The molecule has 1 amide bonds. The number of benzene rings is 1. The van der Waals surface area contributed by atoms with E-state index in [2.05, 4.69) is 15.6 Å². The van der Waals surface area contributed by atoms with Crippen molar-refractivity contribution in [3.05, 3.63) is 30.1 Å². The molecule has 0 bridgehead atoms. The Kier molecular flexibility index (Phi) is 3.65. The molecule has 0 spiro atoms. The number of ether oxygens (including phenoxy) is 2. The first kappa shape index (κ1) is 12.9. The molecule has 0 aliphatic heterocycles. The van der Waals surface area contributed by atoms with Crippen LogP contribution in [0.15, 0.2) is 24.4 Å². The molecule has 100 valence electrons.